The third kappa shape index (κ3) is 3.55. The highest BCUT2D eigenvalue weighted by molar-refractivity contribution is 8.00. The molecule has 2 heterocycles. The number of carbonyl (C=O) groups is 1. The normalized spacial score (nSPS) is 16.9. The van der Waals surface area contributed by atoms with E-state index >= 15 is 0 Å². The lowest BCUT2D eigenvalue weighted by Crippen LogP contribution is -2.24. The number of aliphatic hydroxyl groups excluding tert-OH is 1. The minimum Gasteiger partial charge on any atom is -0.391 e. The van der Waals surface area contributed by atoms with Crippen LogP contribution >= 0.6 is 11.8 Å². The highest BCUT2D eigenvalue weighted by Crippen LogP contribution is 2.33. The molecule has 1 fully saturated rings. The molecule has 1 amide bonds. The van der Waals surface area contributed by atoms with Gasteiger partial charge >= 0.3 is 0 Å². The molecular formula is C15H17N5O2S. The standard InChI is InChI=1S/C15H17N5O2S/c1-2-10-11(5-16)14(20-4-3-9(21)7-20)19-15(12(10)6-17)23-8-13(18)22/h9,21H,2-4,7-8H2,1H3,(H2,18,22). The Hall–Kier alpha value is -2.29. The summed E-state index contributed by atoms with van der Waals surface area (Å²) >= 11 is 1.10. The van der Waals surface area contributed by atoms with E-state index in [2.05, 4.69) is 17.1 Å². The number of carbonyl (C=O) groups excluding carboxylic acids is 1. The van der Waals surface area contributed by atoms with Crippen molar-refractivity contribution in [1.82, 2.24) is 4.98 Å². The van der Waals surface area contributed by atoms with E-state index in [9.17, 15) is 20.4 Å². The van der Waals surface area contributed by atoms with Gasteiger partial charge in [-0.2, -0.15) is 10.5 Å². The highest BCUT2D eigenvalue weighted by Gasteiger charge is 2.27. The molecule has 0 saturated carbocycles. The number of pyridine rings is 1. The number of rotatable bonds is 5. The molecule has 23 heavy (non-hydrogen) atoms. The molecule has 1 aliphatic heterocycles. The van der Waals surface area contributed by atoms with Gasteiger partial charge in [-0.3, -0.25) is 4.79 Å². The Morgan fingerprint density at radius 3 is 2.65 bits per heavy atom. The van der Waals surface area contributed by atoms with Crippen molar-refractivity contribution >= 4 is 23.5 Å². The van der Waals surface area contributed by atoms with Crippen LogP contribution in [0.1, 0.15) is 30.0 Å². The molecular weight excluding hydrogens is 314 g/mol. The molecule has 1 aromatic heterocycles. The Balaban J connectivity index is 2.56. The van der Waals surface area contributed by atoms with Crippen LogP contribution in [0, 0.1) is 22.7 Å². The van der Waals surface area contributed by atoms with Crippen LogP contribution < -0.4 is 10.6 Å². The van der Waals surface area contributed by atoms with Gasteiger partial charge in [0.15, 0.2) is 0 Å². The van der Waals surface area contributed by atoms with E-state index in [4.69, 9.17) is 5.73 Å². The van der Waals surface area contributed by atoms with Crippen LogP contribution in [-0.2, 0) is 11.2 Å². The fourth-order valence-electron chi connectivity index (χ4n) is 2.59. The predicted octanol–water partition coefficient (Wildman–Crippen LogP) is 0.536. The second-order valence-electron chi connectivity index (χ2n) is 5.19. The minimum absolute atomic E-state index is 0.0127. The number of anilines is 1. The minimum atomic E-state index is -0.499. The molecule has 1 aromatic rings. The molecule has 3 N–H and O–H groups in total. The second kappa shape index (κ2) is 7.32. The first-order chi connectivity index (χ1) is 11.0. The molecule has 1 atom stereocenters. The van der Waals surface area contributed by atoms with Crippen LogP contribution in [0.2, 0.25) is 0 Å². The van der Waals surface area contributed by atoms with Crippen LogP contribution in [0.15, 0.2) is 5.03 Å². The van der Waals surface area contributed by atoms with Gasteiger partial charge in [0.05, 0.1) is 23.0 Å². The summed E-state index contributed by atoms with van der Waals surface area (Å²) < 4.78 is 0. The first-order valence-electron chi connectivity index (χ1n) is 7.22. The number of amides is 1. The fourth-order valence-corrected chi connectivity index (χ4v) is 3.33. The molecule has 1 aliphatic rings. The van der Waals surface area contributed by atoms with E-state index in [0.717, 1.165) is 11.8 Å². The first kappa shape index (κ1) is 17.1. The third-order valence-corrected chi connectivity index (χ3v) is 4.64. The highest BCUT2D eigenvalue weighted by atomic mass is 32.2. The van der Waals surface area contributed by atoms with E-state index in [1.165, 1.54) is 0 Å². The SMILES string of the molecule is CCc1c(C#N)c(SCC(N)=O)nc(N2CCC(O)C2)c1C#N. The Morgan fingerprint density at radius 1 is 1.48 bits per heavy atom. The zero-order valence-electron chi connectivity index (χ0n) is 12.7. The van der Waals surface area contributed by atoms with Crippen LogP contribution in [0.4, 0.5) is 5.82 Å². The van der Waals surface area contributed by atoms with Crippen molar-refractivity contribution in [2.45, 2.75) is 30.9 Å². The Kier molecular flexibility index (Phi) is 5.43. The monoisotopic (exact) mass is 331 g/mol. The van der Waals surface area contributed by atoms with Crippen LogP contribution in [-0.4, -0.2) is 40.9 Å². The first-order valence-corrected chi connectivity index (χ1v) is 8.21. The number of primary amides is 1. The average Bonchev–Trinajstić information content (AvgIpc) is 2.97. The van der Waals surface area contributed by atoms with Gasteiger partial charge in [-0.05, 0) is 18.4 Å². The summed E-state index contributed by atoms with van der Waals surface area (Å²) in [6, 6.07) is 4.22. The molecule has 0 bridgehead atoms. The van der Waals surface area contributed by atoms with Crippen molar-refractivity contribution in [3.05, 3.63) is 16.7 Å². The molecule has 1 saturated heterocycles. The van der Waals surface area contributed by atoms with Gasteiger partial charge in [-0.15, -0.1) is 0 Å². The van der Waals surface area contributed by atoms with Gasteiger partial charge < -0.3 is 15.7 Å². The topological polar surface area (TPSA) is 127 Å². The van der Waals surface area contributed by atoms with Gasteiger partial charge in [0.1, 0.15) is 23.0 Å². The fraction of sp³-hybridized carbons (Fsp3) is 0.467. The van der Waals surface area contributed by atoms with Gasteiger partial charge in [-0.25, -0.2) is 4.98 Å². The smallest absolute Gasteiger partial charge is 0.227 e. The molecule has 0 aromatic carbocycles. The van der Waals surface area contributed by atoms with Crippen molar-refractivity contribution < 1.29 is 9.90 Å². The largest absolute Gasteiger partial charge is 0.391 e. The van der Waals surface area contributed by atoms with E-state index in [0.29, 0.717) is 53.5 Å². The lowest BCUT2D eigenvalue weighted by atomic mass is 10.0. The number of hydrogen-bond donors (Lipinski definition) is 2. The van der Waals surface area contributed by atoms with Crippen LogP contribution in [0.3, 0.4) is 0 Å². The summed E-state index contributed by atoms with van der Waals surface area (Å²) in [4.78, 5) is 17.3. The summed E-state index contributed by atoms with van der Waals surface area (Å²) in [5.41, 5.74) is 6.47. The number of nitrogens with zero attached hydrogens (tertiary/aromatic N) is 4. The van der Waals surface area contributed by atoms with E-state index in [1.807, 2.05) is 11.8 Å². The Morgan fingerprint density at radius 2 is 2.17 bits per heavy atom. The number of β-amino-alcohol motifs (C(OH)–C–C–N with tert-alkyl or cyclic N) is 1. The molecule has 0 spiro atoms. The molecule has 8 heteroatoms. The van der Waals surface area contributed by atoms with Crippen molar-refractivity contribution in [3.8, 4) is 12.1 Å². The number of aromatic nitrogens is 1. The van der Waals surface area contributed by atoms with Gasteiger partial charge in [0.2, 0.25) is 5.91 Å². The van der Waals surface area contributed by atoms with Crippen LogP contribution in [0.25, 0.3) is 0 Å². The summed E-state index contributed by atoms with van der Waals surface area (Å²) in [5.74, 6) is -0.0215. The summed E-state index contributed by atoms with van der Waals surface area (Å²) in [6.45, 7) is 2.86. The second-order valence-corrected chi connectivity index (χ2v) is 6.15. The zero-order chi connectivity index (χ0) is 17.0. The average molecular weight is 331 g/mol. The summed E-state index contributed by atoms with van der Waals surface area (Å²) in [7, 11) is 0. The third-order valence-electron chi connectivity index (χ3n) is 3.64. The quantitative estimate of drug-likeness (QED) is 0.754. The van der Waals surface area contributed by atoms with E-state index in [-0.39, 0.29) is 5.75 Å². The summed E-state index contributed by atoms with van der Waals surface area (Å²) in [6.07, 6.45) is 0.658. The number of nitrogens with two attached hydrogens (primary N) is 1. The number of nitriles is 2. The van der Waals surface area contributed by atoms with Gasteiger partial charge in [0.25, 0.3) is 0 Å². The lowest BCUT2D eigenvalue weighted by Gasteiger charge is -2.21. The molecule has 1 unspecified atom stereocenters. The predicted molar refractivity (Wildman–Crippen MR) is 85.8 cm³/mol. The Labute approximate surface area is 138 Å². The maximum Gasteiger partial charge on any atom is 0.227 e. The maximum atomic E-state index is 11.0. The molecule has 0 aliphatic carbocycles. The van der Waals surface area contributed by atoms with Crippen molar-refractivity contribution in [3.63, 3.8) is 0 Å². The molecule has 0 radical (unpaired) electrons. The molecule has 120 valence electrons. The lowest BCUT2D eigenvalue weighted by molar-refractivity contribution is -0.115. The van der Waals surface area contributed by atoms with Gasteiger partial charge in [-0.1, -0.05) is 18.7 Å². The Bertz CT molecular complexity index is 707. The number of hydrogen-bond acceptors (Lipinski definition) is 7. The number of thioether (sulfide) groups is 1. The van der Waals surface area contributed by atoms with Crippen LogP contribution in [0.5, 0.6) is 0 Å². The number of aliphatic hydroxyl groups is 1. The van der Waals surface area contributed by atoms with Gasteiger partial charge in [0, 0.05) is 13.1 Å². The van der Waals surface area contributed by atoms with E-state index < -0.39 is 12.0 Å². The summed E-state index contributed by atoms with van der Waals surface area (Å²) in [5, 5.41) is 29.1. The van der Waals surface area contributed by atoms with E-state index in [1.54, 1.807) is 0 Å². The van der Waals surface area contributed by atoms with Crippen molar-refractivity contribution in [2.75, 3.05) is 23.7 Å². The zero-order valence-corrected chi connectivity index (χ0v) is 13.6. The maximum absolute atomic E-state index is 11.0. The van der Waals surface area contributed by atoms with Crippen molar-refractivity contribution in [2.24, 2.45) is 5.73 Å². The molecule has 7 nitrogen and oxygen atoms in total. The van der Waals surface area contributed by atoms with Crippen molar-refractivity contribution in [1.29, 1.82) is 10.5 Å². The molecule has 2 rings (SSSR count).